The molecular weight excluding hydrogens is 254 g/mol. The molecule has 6 nitrogen and oxygen atoms in total. The Labute approximate surface area is 105 Å². The van der Waals surface area contributed by atoms with Crippen LogP contribution < -0.4 is 0 Å². The van der Waals surface area contributed by atoms with Crippen LogP contribution in [-0.2, 0) is 16.6 Å². The van der Waals surface area contributed by atoms with E-state index in [2.05, 4.69) is 10.1 Å². The minimum absolute atomic E-state index is 0.160. The van der Waals surface area contributed by atoms with E-state index in [0.29, 0.717) is 11.5 Å². The van der Waals surface area contributed by atoms with Gasteiger partial charge < -0.3 is 4.52 Å². The second-order valence-electron chi connectivity index (χ2n) is 3.88. The summed E-state index contributed by atoms with van der Waals surface area (Å²) in [5, 5.41) is 3.77. The number of aromatic nitrogens is 2. The highest BCUT2D eigenvalue weighted by Gasteiger charge is 2.21. The van der Waals surface area contributed by atoms with Crippen molar-refractivity contribution in [2.75, 3.05) is 7.05 Å². The molecule has 0 unspecified atom stereocenters. The topological polar surface area (TPSA) is 76.3 Å². The number of rotatable bonds is 4. The monoisotopic (exact) mass is 267 g/mol. The third-order valence-electron chi connectivity index (χ3n) is 2.40. The van der Waals surface area contributed by atoms with Crippen molar-refractivity contribution in [3.8, 4) is 0 Å². The SMILES string of the molecule is Cc1cc(CN(C)S(=O)(=O)c2cccnc2)no1. The molecule has 0 amide bonds. The summed E-state index contributed by atoms with van der Waals surface area (Å²) >= 11 is 0. The Hall–Kier alpha value is -1.73. The zero-order valence-electron chi connectivity index (χ0n) is 10.1. The molecule has 0 atom stereocenters. The Bertz CT molecular complexity index is 622. The Balaban J connectivity index is 2.21. The molecule has 96 valence electrons. The normalized spacial score (nSPS) is 11.9. The van der Waals surface area contributed by atoms with Crippen LogP contribution in [0.5, 0.6) is 0 Å². The first-order chi connectivity index (χ1) is 8.50. The van der Waals surface area contributed by atoms with Gasteiger partial charge in [-0.2, -0.15) is 4.31 Å². The van der Waals surface area contributed by atoms with E-state index >= 15 is 0 Å². The van der Waals surface area contributed by atoms with E-state index in [0.717, 1.165) is 0 Å². The van der Waals surface area contributed by atoms with E-state index in [1.54, 1.807) is 19.1 Å². The molecule has 2 heterocycles. The van der Waals surface area contributed by atoms with Crippen LogP contribution in [0.2, 0.25) is 0 Å². The Morgan fingerprint density at radius 1 is 1.44 bits per heavy atom. The fourth-order valence-electron chi connectivity index (χ4n) is 1.49. The summed E-state index contributed by atoms with van der Waals surface area (Å²) < 4.78 is 30.5. The van der Waals surface area contributed by atoms with Gasteiger partial charge in [-0.15, -0.1) is 0 Å². The molecule has 0 spiro atoms. The van der Waals surface area contributed by atoms with Gasteiger partial charge >= 0.3 is 0 Å². The maximum atomic E-state index is 12.2. The lowest BCUT2D eigenvalue weighted by molar-refractivity contribution is 0.378. The summed E-state index contributed by atoms with van der Waals surface area (Å²) in [6.45, 7) is 1.92. The predicted molar refractivity (Wildman–Crippen MR) is 64.1 cm³/mol. The minimum Gasteiger partial charge on any atom is -0.361 e. The van der Waals surface area contributed by atoms with Gasteiger partial charge in [-0.25, -0.2) is 8.42 Å². The Morgan fingerprint density at radius 2 is 2.22 bits per heavy atom. The first-order valence-corrected chi connectivity index (χ1v) is 6.73. The lowest BCUT2D eigenvalue weighted by Gasteiger charge is -2.15. The molecule has 0 radical (unpaired) electrons. The summed E-state index contributed by atoms with van der Waals surface area (Å²) in [5.41, 5.74) is 0.572. The fraction of sp³-hybridized carbons (Fsp3) is 0.273. The first kappa shape index (κ1) is 12.7. The van der Waals surface area contributed by atoms with E-state index < -0.39 is 10.0 Å². The second-order valence-corrected chi connectivity index (χ2v) is 5.92. The van der Waals surface area contributed by atoms with Gasteiger partial charge in [0, 0.05) is 25.5 Å². The molecule has 2 rings (SSSR count). The van der Waals surface area contributed by atoms with Crippen molar-refractivity contribution in [2.45, 2.75) is 18.4 Å². The standard InChI is InChI=1S/C11H13N3O3S/c1-9-6-10(13-17-9)8-14(2)18(15,16)11-4-3-5-12-7-11/h3-7H,8H2,1-2H3. The van der Waals surface area contributed by atoms with Crippen molar-refractivity contribution in [1.82, 2.24) is 14.4 Å². The molecule has 0 aliphatic heterocycles. The van der Waals surface area contributed by atoms with Crippen molar-refractivity contribution >= 4 is 10.0 Å². The number of nitrogens with zero attached hydrogens (tertiary/aromatic N) is 3. The average molecular weight is 267 g/mol. The molecule has 2 aromatic heterocycles. The number of sulfonamides is 1. The number of aryl methyl sites for hydroxylation is 1. The quantitative estimate of drug-likeness (QED) is 0.832. The first-order valence-electron chi connectivity index (χ1n) is 5.29. The molecule has 0 fully saturated rings. The van der Waals surface area contributed by atoms with Crippen molar-refractivity contribution in [3.63, 3.8) is 0 Å². The van der Waals surface area contributed by atoms with Crippen LogP contribution in [0, 0.1) is 6.92 Å². The maximum Gasteiger partial charge on any atom is 0.244 e. The molecule has 7 heteroatoms. The Morgan fingerprint density at radius 3 is 2.78 bits per heavy atom. The van der Waals surface area contributed by atoms with Crippen LogP contribution in [-0.4, -0.2) is 29.9 Å². The van der Waals surface area contributed by atoms with Crippen LogP contribution in [0.25, 0.3) is 0 Å². The molecule has 0 bridgehead atoms. The van der Waals surface area contributed by atoms with Crippen molar-refractivity contribution in [1.29, 1.82) is 0 Å². The third-order valence-corrected chi connectivity index (χ3v) is 4.19. The molecule has 0 N–H and O–H groups in total. The highest BCUT2D eigenvalue weighted by molar-refractivity contribution is 7.89. The Kier molecular flexibility index (Phi) is 3.44. The van der Waals surface area contributed by atoms with Crippen LogP contribution in [0.3, 0.4) is 0 Å². The minimum atomic E-state index is -3.54. The molecule has 0 saturated carbocycles. The molecule has 0 aliphatic rings. The summed E-state index contributed by atoms with van der Waals surface area (Å²) in [4.78, 5) is 3.96. The van der Waals surface area contributed by atoms with E-state index in [1.165, 1.54) is 29.8 Å². The van der Waals surface area contributed by atoms with Gasteiger partial charge in [-0.1, -0.05) is 5.16 Å². The van der Waals surface area contributed by atoms with Crippen molar-refractivity contribution in [2.24, 2.45) is 0 Å². The van der Waals surface area contributed by atoms with Gasteiger partial charge in [0.05, 0.1) is 12.2 Å². The van der Waals surface area contributed by atoms with Gasteiger partial charge in [0.1, 0.15) is 10.7 Å². The van der Waals surface area contributed by atoms with Gasteiger partial charge in [-0.3, -0.25) is 4.98 Å². The third kappa shape index (κ3) is 2.57. The van der Waals surface area contributed by atoms with Gasteiger partial charge in [0.25, 0.3) is 0 Å². The summed E-state index contributed by atoms with van der Waals surface area (Å²) in [6.07, 6.45) is 2.85. The second kappa shape index (κ2) is 4.87. The molecule has 0 aromatic carbocycles. The molecule has 18 heavy (non-hydrogen) atoms. The highest BCUT2D eigenvalue weighted by atomic mass is 32.2. The fourth-order valence-corrected chi connectivity index (χ4v) is 2.59. The van der Waals surface area contributed by atoms with Crippen LogP contribution in [0.15, 0.2) is 40.0 Å². The smallest absolute Gasteiger partial charge is 0.244 e. The van der Waals surface area contributed by atoms with Crippen molar-refractivity contribution < 1.29 is 12.9 Å². The van der Waals surface area contributed by atoms with E-state index in [-0.39, 0.29) is 11.4 Å². The highest BCUT2D eigenvalue weighted by Crippen LogP contribution is 2.15. The average Bonchev–Trinajstić information content (AvgIpc) is 2.76. The van der Waals surface area contributed by atoms with E-state index in [9.17, 15) is 8.42 Å². The van der Waals surface area contributed by atoms with Crippen molar-refractivity contribution in [3.05, 3.63) is 42.0 Å². The van der Waals surface area contributed by atoms with Gasteiger partial charge in [0.2, 0.25) is 10.0 Å². The largest absolute Gasteiger partial charge is 0.361 e. The number of pyridine rings is 1. The van der Waals surface area contributed by atoms with E-state index in [1.807, 2.05) is 0 Å². The lowest BCUT2D eigenvalue weighted by Crippen LogP contribution is -2.26. The zero-order valence-corrected chi connectivity index (χ0v) is 10.9. The van der Waals surface area contributed by atoms with Crippen LogP contribution >= 0.6 is 0 Å². The van der Waals surface area contributed by atoms with E-state index in [4.69, 9.17) is 4.52 Å². The van der Waals surface area contributed by atoms with Crippen LogP contribution in [0.1, 0.15) is 11.5 Å². The van der Waals surface area contributed by atoms with Gasteiger partial charge in [-0.05, 0) is 19.1 Å². The number of hydrogen-bond donors (Lipinski definition) is 0. The molecular formula is C11H13N3O3S. The predicted octanol–water partition coefficient (Wildman–Crippen LogP) is 1.20. The van der Waals surface area contributed by atoms with Crippen LogP contribution in [0.4, 0.5) is 0 Å². The molecule has 2 aromatic rings. The lowest BCUT2D eigenvalue weighted by atomic mass is 10.4. The summed E-state index contributed by atoms with van der Waals surface area (Å²) in [5.74, 6) is 0.650. The summed E-state index contributed by atoms with van der Waals surface area (Å²) in [7, 11) is -2.05. The maximum absolute atomic E-state index is 12.2. The molecule has 0 aliphatic carbocycles. The molecule has 0 saturated heterocycles. The number of hydrogen-bond acceptors (Lipinski definition) is 5. The zero-order chi connectivity index (χ0) is 13.2. The van der Waals surface area contributed by atoms with Gasteiger partial charge in [0.15, 0.2) is 0 Å². The summed E-state index contributed by atoms with van der Waals surface area (Å²) in [6, 6.07) is 4.79.